The number of carbonyl (C=O) groups is 2. The van der Waals surface area contributed by atoms with Gasteiger partial charge in [-0.3, -0.25) is 9.59 Å². The molecule has 6 nitrogen and oxygen atoms in total. The van der Waals surface area contributed by atoms with Gasteiger partial charge >= 0.3 is 5.97 Å². The first-order chi connectivity index (χ1) is 16.5. The maximum atomic E-state index is 13.7. The van der Waals surface area contributed by atoms with Crippen molar-refractivity contribution in [3.05, 3.63) is 29.6 Å². The van der Waals surface area contributed by atoms with Gasteiger partial charge in [0, 0.05) is 49.9 Å². The number of benzene rings is 1. The Bertz CT molecular complexity index is 1070. The number of fused-ring (bicyclic) bond motifs is 1. The van der Waals surface area contributed by atoms with E-state index < -0.39 is 5.92 Å². The lowest BCUT2D eigenvalue weighted by Crippen LogP contribution is -2.39. The zero-order valence-corrected chi connectivity index (χ0v) is 21.3. The first kappa shape index (κ1) is 25.6. The minimum atomic E-state index is -2.54. The second-order valence-corrected chi connectivity index (χ2v) is 11.3. The van der Waals surface area contributed by atoms with Gasteiger partial charge in [-0.2, -0.15) is 0 Å². The van der Waals surface area contributed by atoms with Gasteiger partial charge in [0.25, 0.3) is 5.91 Å². The van der Waals surface area contributed by atoms with Crippen LogP contribution in [0.3, 0.4) is 0 Å². The molecule has 1 aliphatic heterocycles. The van der Waals surface area contributed by atoms with Crippen LogP contribution < -0.4 is 0 Å². The Balaban J connectivity index is 1.52. The first-order valence-electron chi connectivity index (χ1n) is 12.7. The lowest BCUT2D eigenvalue weighted by atomic mass is 9.86. The third-order valence-corrected chi connectivity index (χ3v) is 7.53. The van der Waals surface area contributed by atoms with Crippen molar-refractivity contribution in [1.82, 2.24) is 14.5 Å². The highest BCUT2D eigenvalue weighted by molar-refractivity contribution is 5.97. The molecule has 0 N–H and O–H groups in total. The van der Waals surface area contributed by atoms with Gasteiger partial charge in [0.05, 0.1) is 18.1 Å². The van der Waals surface area contributed by atoms with Crippen LogP contribution in [0, 0.1) is 11.8 Å². The number of alkyl halides is 2. The Kier molecular flexibility index (Phi) is 7.21. The van der Waals surface area contributed by atoms with Gasteiger partial charge in [-0.05, 0) is 55.7 Å². The van der Waals surface area contributed by atoms with Gasteiger partial charge < -0.3 is 14.2 Å². The van der Waals surface area contributed by atoms with Gasteiger partial charge in [-0.1, -0.05) is 20.8 Å². The molecule has 8 heteroatoms. The number of esters is 1. The molecule has 35 heavy (non-hydrogen) atoms. The number of methoxy groups -OCH3 is 1. The number of likely N-dealkylation sites (tertiary alicyclic amines) is 1. The molecule has 1 amide bonds. The standard InChI is InChI=1S/C27H37F2N3O3/c1-26(2,3)25-30-21-16-20(24(34)31-13-9-18(10-14-31)15-23(33)35-4)5-6-22(21)32(25)17-19-7-11-27(28,29)12-8-19/h5-6,16,18-19H,7-15,17H2,1-4H3. The molecule has 2 aromatic rings. The number of rotatable bonds is 5. The van der Waals surface area contributed by atoms with Crippen molar-refractivity contribution in [1.29, 1.82) is 0 Å². The van der Waals surface area contributed by atoms with E-state index in [-0.39, 0.29) is 42.0 Å². The summed E-state index contributed by atoms with van der Waals surface area (Å²) in [7, 11) is 1.40. The number of amides is 1. The van der Waals surface area contributed by atoms with Crippen molar-refractivity contribution >= 4 is 22.9 Å². The lowest BCUT2D eigenvalue weighted by molar-refractivity contribution is -0.142. The molecule has 2 heterocycles. The van der Waals surface area contributed by atoms with Crippen LogP contribution in [0.1, 0.15) is 81.9 Å². The third kappa shape index (κ3) is 5.84. The number of hydrogen-bond donors (Lipinski definition) is 0. The summed E-state index contributed by atoms with van der Waals surface area (Å²) in [5.41, 5.74) is 2.10. The van der Waals surface area contributed by atoms with Gasteiger partial charge in [-0.15, -0.1) is 0 Å². The molecule has 0 atom stereocenters. The zero-order chi connectivity index (χ0) is 25.4. The lowest BCUT2D eigenvalue weighted by Gasteiger charge is -2.31. The van der Waals surface area contributed by atoms with E-state index in [1.165, 1.54) is 7.11 Å². The van der Waals surface area contributed by atoms with Crippen LogP contribution >= 0.6 is 0 Å². The van der Waals surface area contributed by atoms with E-state index in [1.54, 1.807) is 0 Å². The summed E-state index contributed by atoms with van der Waals surface area (Å²) in [5.74, 6) is -1.40. The normalized spacial score (nSPS) is 19.8. The Hall–Kier alpha value is -2.51. The Morgan fingerprint density at radius 1 is 1.09 bits per heavy atom. The number of piperidine rings is 1. The average Bonchev–Trinajstić information content (AvgIpc) is 3.18. The number of carbonyl (C=O) groups excluding carboxylic acids is 2. The second kappa shape index (κ2) is 9.86. The molecule has 1 saturated carbocycles. The molecule has 2 aliphatic rings. The smallest absolute Gasteiger partial charge is 0.305 e. The van der Waals surface area contributed by atoms with Gasteiger partial charge in [0.1, 0.15) is 5.82 Å². The number of ether oxygens (including phenoxy) is 1. The zero-order valence-electron chi connectivity index (χ0n) is 21.3. The van der Waals surface area contributed by atoms with E-state index >= 15 is 0 Å². The molecule has 4 rings (SSSR count). The van der Waals surface area contributed by atoms with E-state index in [2.05, 4.69) is 25.3 Å². The van der Waals surface area contributed by atoms with Gasteiger partial charge in [-0.25, -0.2) is 13.8 Å². The molecule has 0 unspecified atom stereocenters. The van der Waals surface area contributed by atoms with Crippen LogP contribution in [0.5, 0.6) is 0 Å². The molecular formula is C27H37F2N3O3. The number of nitrogens with zero attached hydrogens (tertiary/aromatic N) is 3. The van der Waals surface area contributed by atoms with E-state index in [9.17, 15) is 18.4 Å². The monoisotopic (exact) mass is 489 g/mol. The molecule has 192 valence electrons. The minimum Gasteiger partial charge on any atom is -0.469 e. The Labute approximate surface area is 206 Å². The number of aromatic nitrogens is 2. The van der Waals surface area contributed by atoms with Crippen molar-refractivity contribution in [2.24, 2.45) is 11.8 Å². The number of hydrogen-bond acceptors (Lipinski definition) is 4. The predicted octanol–water partition coefficient (Wildman–Crippen LogP) is 5.57. The minimum absolute atomic E-state index is 0.0233. The van der Waals surface area contributed by atoms with Crippen molar-refractivity contribution in [3.63, 3.8) is 0 Å². The highest BCUT2D eigenvalue weighted by atomic mass is 19.3. The summed E-state index contributed by atoms with van der Waals surface area (Å²) >= 11 is 0. The van der Waals surface area contributed by atoms with E-state index in [1.807, 2.05) is 23.1 Å². The largest absolute Gasteiger partial charge is 0.469 e. The summed E-state index contributed by atoms with van der Waals surface area (Å²) in [6.07, 6.45) is 2.89. The molecule has 2 fully saturated rings. The van der Waals surface area contributed by atoms with Crippen molar-refractivity contribution in [3.8, 4) is 0 Å². The molecule has 0 bridgehead atoms. The van der Waals surface area contributed by atoms with E-state index in [0.29, 0.717) is 44.5 Å². The van der Waals surface area contributed by atoms with Crippen LogP contribution in [0.4, 0.5) is 8.78 Å². The van der Waals surface area contributed by atoms with Crippen LogP contribution in [-0.2, 0) is 21.5 Å². The van der Waals surface area contributed by atoms with Crippen molar-refractivity contribution < 1.29 is 23.1 Å². The van der Waals surface area contributed by atoms with Crippen LogP contribution in [-0.4, -0.2) is 52.4 Å². The maximum Gasteiger partial charge on any atom is 0.305 e. The molecule has 1 saturated heterocycles. The summed E-state index contributed by atoms with van der Waals surface area (Å²) in [5, 5.41) is 0. The summed E-state index contributed by atoms with van der Waals surface area (Å²) < 4.78 is 34.3. The molecule has 1 aliphatic carbocycles. The quantitative estimate of drug-likeness (QED) is 0.515. The fourth-order valence-corrected chi connectivity index (χ4v) is 5.40. The first-order valence-corrected chi connectivity index (χ1v) is 12.7. The van der Waals surface area contributed by atoms with Crippen LogP contribution in [0.2, 0.25) is 0 Å². The van der Waals surface area contributed by atoms with Gasteiger partial charge in [0.2, 0.25) is 5.92 Å². The van der Waals surface area contributed by atoms with E-state index in [4.69, 9.17) is 9.72 Å². The second-order valence-electron chi connectivity index (χ2n) is 11.3. The number of halogens is 2. The maximum absolute atomic E-state index is 13.7. The SMILES string of the molecule is COC(=O)CC1CCN(C(=O)c2ccc3c(c2)nc(C(C)(C)C)n3CC2CCC(F)(F)CC2)CC1. The fraction of sp³-hybridized carbons (Fsp3) is 0.667. The third-order valence-electron chi connectivity index (χ3n) is 7.53. The summed E-state index contributed by atoms with van der Waals surface area (Å²) in [6, 6.07) is 5.66. The van der Waals surface area contributed by atoms with Crippen LogP contribution in [0.15, 0.2) is 18.2 Å². The topological polar surface area (TPSA) is 64.4 Å². The molecule has 1 aromatic heterocycles. The fourth-order valence-electron chi connectivity index (χ4n) is 5.40. The summed E-state index contributed by atoms with van der Waals surface area (Å²) in [6.45, 7) is 8.21. The van der Waals surface area contributed by atoms with Crippen molar-refractivity contribution in [2.75, 3.05) is 20.2 Å². The Morgan fingerprint density at radius 3 is 2.34 bits per heavy atom. The molecule has 0 radical (unpaired) electrons. The van der Waals surface area contributed by atoms with Crippen molar-refractivity contribution in [2.45, 2.75) is 83.6 Å². The highest BCUT2D eigenvalue weighted by Crippen LogP contribution is 2.38. The molecular weight excluding hydrogens is 452 g/mol. The van der Waals surface area contributed by atoms with E-state index in [0.717, 1.165) is 29.7 Å². The number of imidazole rings is 1. The predicted molar refractivity (Wildman–Crippen MR) is 131 cm³/mol. The average molecular weight is 490 g/mol. The highest BCUT2D eigenvalue weighted by Gasteiger charge is 2.36. The van der Waals surface area contributed by atoms with Crippen LogP contribution in [0.25, 0.3) is 11.0 Å². The van der Waals surface area contributed by atoms with Gasteiger partial charge in [0.15, 0.2) is 0 Å². The Morgan fingerprint density at radius 2 is 1.74 bits per heavy atom. The molecule has 0 spiro atoms. The molecule has 1 aromatic carbocycles. The summed E-state index contributed by atoms with van der Waals surface area (Å²) in [4.78, 5) is 31.5.